The van der Waals surface area contributed by atoms with Gasteiger partial charge >= 0.3 is 0 Å². The molecule has 5 heteroatoms. The van der Waals surface area contributed by atoms with Gasteiger partial charge in [-0.2, -0.15) is 5.26 Å². The third-order valence-electron chi connectivity index (χ3n) is 6.40. The molecule has 2 fully saturated rings. The molecule has 1 saturated heterocycles. The number of unbranched alkanes of at least 4 members (excludes halogenated alkanes) is 1. The van der Waals surface area contributed by atoms with Gasteiger partial charge < -0.3 is 10.2 Å². The molecule has 30 heavy (non-hydrogen) atoms. The number of rotatable bonds is 7. The molecule has 1 aliphatic carbocycles. The predicted molar refractivity (Wildman–Crippen MR) is 121 cm³/mol. The zero-order valence-electron chi connectivity index (χ0n) is 17.9. The first-order valence-corrected chi connectivity index (χ1v) is 11.6. The van der Waals surface area contributed by atoms with Gasteiger partial charge in [-0.3, -0.25) is 4.98 Å². The fraction of sp³-hybridized carbons (Fsp3) is 0.560. The largest absolute Gasteiger partial charge is 0.354 e. The van der Waals surface area contributed by atoms with Crippen molar-refractivity contribution in [1.29, 1.82) is 5.26 Å². The van der Waals surface area contributed by atoms with Gasteiger partial charge in [-0.15, -0.1) is 0 Å². The summed E-state index contributed by atoms with van der Waals surface area (Å²) in [6.45, 7) is 3.96. The van der Waals surface area contributed by atoms with E-state index >= 15 is 0 Å². The van der Waals surface area contributed by atoms with Crippen LogP contribution in [0.25, 0.3) is 11.3 Å². The van der Waals surface area contributed by atoms with Gasteiger partial charge in [0.15, 0.2) is 0 Å². The van der Waals surface area contributed by atoms with Crippen molar-refractivity contribution in [3.05, 3.63) is 41.7 Å². The number of nitrogens with one attached hydrogen (secondary N) is 1. The summed E-state index contributed by atoms with van der Waals surface area (Å²) in [5.41, 5.74) is 4.66. The molecule has 1 saturated carbocycles. The molecule has 0 atom stereocenters. The lowest BCUT2D eigenvalue weighted by atomic mass is 9.86. The third kappa shape index (κ3) is 5.58. The Bertz CT molecular complexity index is 860. The van der Waals surface area contributed by atoms with Crippen molar-refractivity contribution >= 4 is 5.82 Å². The maximum atomic E-state index is 8.92. The van der Waals surface area contributed by atoms with E-state index in [1.54, 1.807) is 0 Å². The number of pyridine rings is 2. The van der Waals surface area contributed by atoms with E-state index in [0.717, 1.165) is 68.4 Å². The van der Waals surface area contributed by atoms with Crippen LogP contribution >= 0.6 is 0 Å². The molecule has 2 aliphatic rings. The van der Waals surface area contributed by atoms with Crippen molar-refractivity contribution in [3.8, 4) is 17.3 Å². The molecular weight excluding hydrogens is 370 g/mol. The molecule has 2 aromatic rings. The lowest BCUT2D eigenvalue weighted by Gasteiger charge is -2.29. The van der Waals surface area contributed by atoms with Gasteiger partial charge in [-0.1, -0.05) is 32.1 Å². The van der Waals surface area contributed by atoms with Crippen LogP contribution in [0.3, 0.4) is 0 Å². The highest BCUT2D eigenvalue weighted by Gasteiger charge is 2.17. The number of anilines is 1. The first-order valence-electron chi connectivity index (χ1n) is 11.6. The molecule has 1 N–H and O–H groups in total. The fourth-order valence-corrected chi connectivity index (χ4v) is 4.73. The van der Waals surface area contributed by atoms with Crippen LogP contribution in [0.5, 0.6) is 0 Å². The highest BCUT2D eigenvalue weighted by Crippen LogP contribution is 2.29. The van der Waals surface area contributed by atoms with Gasteiger partial charge in [0.1, 0.15) is 5.82 Å². The van der Waals surface area contributed by atoms with E-state index in [-0.39, 0.29) is 0 Å². The molecule has 0 amide bonds. The summed E-state index contributed by atoms with van der Waals surface area (Å²) in [5.74, 6) is 1.84. The van der Waals surface area contributed by atoms with Gasteiger partial charge in [0.05, 0.1) is 11.8 Å². The Morgan fingerprint density at radius 1 is 1.10 bits per heavy atom. The van der Waals surface area contributed by atoms with Gasteiger partial charge in [-0.25, -0.2) is 4.98 Å². The maximum absolute atomic E-state index is 8.92. The van der Waals surface area contributed by atoms with Gasteiger partial charge in [0.2, 0.25) is 0 Å². The second kappa shape index (κ2) is 10.5. The Hall–Kier alpha value is -2.45. The zero-order valence-corrected chi connectivity index (χ0v) is 17.9. The number of hydrogen-bond acceptors (Lipinski definition) is 5. The van der Waals surface area contributed by atoms with Crippen LogP contribution in [0.2, 0.25) is 0 Å². The smallest absolute Gasteiger partial charge is 0.129 e. The number of aryl methyl sites for hydroxylation is 1. The van der Waals surface area contributed by atoms with Crippen LogP contribution < -0.4 is 10.2 Å². The number of hydrogen-bond donors (Lipinski definition) is 1. The van der Waals surface area contributed by atoms with Crippen LogP contribution in [0.15, 0.2) is 30.5 Å². The topological polar surface area (TPSA) is 64.8 Å². The first-order chi connectivity index (χ1) is 14.8. The fourth-order valence-electron chi connectivity index (χ4n) is 4.73. The van der Waals surface area contributed by atoms with E-state index in [2.05, 4.69) is 45.5 Å². The quantitative estimate of drug-likeness (QED) is 0.689. The van der Waals surface area contributed by atoms with Crippen molar-refractivity contribution in [2.75, 3.05) is 31.1 Å². The molecule has 3 heterocycles. The summed E-state index contributed by atoms with van der Waals surface area (Å²) in [5, 5.41) is 12.3. The number of nitrogens with zero attached hydrogens (tertiary/aromatic N) is 4. The van der Waals surface area contributed by atoms with Gasteiger partial charge in [0, 0.05) is 50.1 Å². The molecule has 0 aromatic carbocycles. The maximum Gasteiger partial charge on any atom is 0.129 e. The van der Waals surface area contributed by atoms with E-state index in [1.807, 2.05) is 6.20 Å². The van der Waals surface area contributed by atoms with Crippen LogP contribution in [0.4, 0.5) is 5.82 Å². The standard InChI is InChI=1S/C25H33N5/c26-10-5-4-8-21-17-24(29-25(18-21)30-14-12-27-13-15-30)22-9-11-28-23(19-22)16-20-6-2-1-3-7-20/h9,11,17-20,27H,1-8,12-16H2. The Balaban J connectivity index is 1.58. The van der Waals surface area contributed by atoms with E-state index in [4.69, 9.17) is 10.2 Å². The van der Waals surface area contributed by atoms with E-state index in [1.165, 1.54) is 43.4 Å². The van der Waals surface area contributed by atoms with Crippen LogP contribution in [0.1, 0.15) is 56.2 Å². The lowest BCUT2D eigenvalue weighted by Crippen LogP contribution is -2.43. The predicted octanol–water partition coefficient (Wildman–Crippen LogP) is 4.52. The van der Waals surface area contributed by atoms with E-state index in [9.17, 15) is 0 Å². The Kier molecular flexibility index (Phi) is 7.31. The second-order valence-electron chi connectivity index (χ2n) is 8.71. The molecule has 0 spiro atoms. The Labute approximate surface area is 180 Å². The monoisotopic (exact) mass is 403 g/mol. The summed E-state index contributed by atoms with van der Waals surface area (Å²) in [6.07, 6.45) is 12.2. The highest BCUT2D eigenvalue weighted by atomic mass is 15.2. The SMILES string of the molecule is N#CCCCc1cc(-c2ccnc(CC3CCCCC3)c2)nc(N2CCNCC2)c1. The van der Waals surface area contributed by atoms with E-state index in [0.29, 0.717) is 6.42 Å². The van der Waals surface area contributed by atoms with Crippen LogP contribution in [-0.2, 0) is 12.8 Å². The molecule has 2 aromatic heterocycles. The first kappa shape index (κ1) is 20.8. The molecule has 0 radical (unpaired) electrons. The Morgan fingerprint density at radius 2 is 1.93 bits per heavy atom. The van der Waals surface area contributed by atoms with Crippen molar-refractivity contribution < 1.29 is 0 Å². The van der Waals surface area contributed by atoms with Crippen LogP contribution in [-0.4, -0.2) is 36.1 Å². The molecule has 0 unspecified atom stereocenters. The van der Waals surface area contributed by atoms with E-state index < -0.39 is 0 Å². The minimum absolute atomic E-state index is 0.599. The summed E-state index contributed by atoms with van der Waals surface area (Å²) in [6, 6.07) is 11.0. The zero-order chi connectivity index (χ0) is 20.6. The van der Waals surface area contributed by atoms with Crippen molar-refractivity contribution in [3.63, 3.8) is 0 Å². The Morgan fingerprint density at radius 3 is 2.73 bits per heavy atom. The third-order valence-corrected chi connectivity index (χ3v) is 6.40. The van der Waals surface area contributed by atoms with Gasteiger partial charge in [-0.05, 0) is 55.0 Å². The number of nitriles is 1. The molecule has 4 rings (SSSR count). The average molecular weight is 404 g/mol. The molecule has 0 bridgehead atoms. The summed E-state index contributed by atoms with van der Waals surface area (Å²) in [4.78, 5) is 12.1. The number of aromatic nitrogens is 2. The normalized spacial score (nSPS) is 17.6. The van der Waals surface area contributed by atoms with Gasteiger partial charge in [0.25, 0.3) is 0 Å². The molecular formula is C25H33N5. The van der Waals surface area contributed by atoms with Crippen molar-refractivity contribution in [1.82, 2.24) is 15.3 Å². The molecule has 1 aliphatic heterocycles. The van der Waals surface area contributed by atoms with Crippen molar-refractivity contribution in [2.45, 2.75) is 57.8 Å². The second-order valence-corrected chi connectivity index (χ2v) is 8.71. The summed E-state index contributed by atoms with van der Waals surface area (Å²) >= 11 is 0. The average Bonchev–Trinajstić information content (AvgIpc) is 2.80. The minimum Gasteiger partial charge on any atom is -0.354 e. The number of piperazine rings is 1. The highest BCUT2D eigenvalue weighted by molar-refractivity contribution is 5.63. The summed E-state index contributed by atoms with van der Waals surface area (Å²) < 4.78 is 0. The lowest BCUT2D eigenvalue weighted by molar-refractivity contribution is 0.354. The van der Waals surface area contributed by atoms with Crippen LogP contribution in [0, 0.1) is 17.2 Å². The minimum atomic E-state index is 0.599. The summed E-state index contributed by atoms with van der Waals surface area (Å²) in [7, 11) is 0. The molecule has 5 nitrogen and oxygen atoms in total. The van der Waals surface area contributed by atoms with Crippen molar-refractivity contribution in [2.24, 2.45) is 5.92 Å². The molecule has 158 valence electrons.